The number of pyridine rings is 1. The van der Waals surface area contributed by atoms with Gasteiger partial charge in [-0.1, -0.05) is 48.9 Å². The average Bonchev–Trinajstić information content (AvgIpc) is 2.54. The van der Waals surface area contributed by atoms with E-state index in [2.05, 4.69) is 4.98 Å². The van der Waals surface area contributed by atoms with Gasteiger partial charge in [-0.05, 0) is 36.2 Å². The zero-order chi connectivity index (χ0) is 14.8. The van der Waals surface area contributed by atoms with Crippen LogP contribution in [0.2, 0.25) is 5.15 Å². The summed E-state index contributed by atoms with van der Waals surface area (Å²) in [5.41, 5.74) is 3.16. The van der Waals surface area contributed by atoms with Crippen LogP contribution in [0.3, 0.4) is 0 Å². The van der Waals surface area contributed by atoms with Gasteiger partial charge in [0.1, 0.15) is 5.15 Å². The van der Waals surface area contributed by atoms with Crippen molar-refractivity contribution in [2.45, 2.75) is 13.3 Å². The van der Waals surface area contributed by atoms with E-state index in [-0.39, 0.29) is 5.78 Å². The van der Waals surface area contributed by atoms with Crippen LogP contribution < -0.4 is 0 Å². The molecule has 0 fully saturated rings. The number of fused-ring (bicyclic) bond motifs is 1. The zero-order valence-corrected chi connectivity index (χ0v) is 12.4. The molecule has 0 atom stereocenters. The number of nitrogens with zero attached hydrogens (tertiary/aromatic N) is 1. The Hall–Kier alpha value is -2.19. The Morgan fingerprint density at radius 3 is 2.52 bits per heavy atom. The molecule has 0 unspecified atom stereocenters. The molecule has 0 saturated carbocycles. The molecular weight excluding hydrogens is 282 g/mol. The van der Waals surface area contributed by atoms with Gasteiger partial charge in [0, 0.05) is 16.5 Å². The van der Waals surface area contributed by atoms with Crippen molar-refractivity contribution >= 4 is 28.3 Å². The molecule has 0 saturated heterocycles. The first-order valence-electron chi connectivity index (χ1n) is 6.88. The fourth-order valence-electron chi connectivity index (χ4n) is 2.34. The van der Waals surface area contributed by atoms with Crippen LogP contribution >= 0.6 is 11.6 Å². The molecule has 0 aliphatic rings. The summed E-state index contributed by atoms with van der Waals surface area (Å²) in [6.45, 7) is 2.04. The Morgan fingerprint density at radius 1 is 1.05 bits per heavy atom. The molecule has 3 aromatic rings. The first-order chi connectivity index (χ1) is 10.2. The number of aromatic nitrogens is 1. The number of hydrogen-bond acceptors (Lipinski definition) is 2. The molecule has 0 amide bonds. The van der Waals surface area contributed by atoms with Crippen LogP contribution in [0.5, 0.6) is 0 Å². The Bertz CT molecular complexity index is 812. The zero-order valence-electron chi connectivity index (χ0n) is 11.6. The summed E-state index contributed by atoms with van der Waals surface area (Å²) < 4.78 is 0. The van der Waals surface area contributed by atoms with Crippen LogP contribution in [-0.2, 0) is 6.42 Å². The van der Waals surface area contributed by atoms with E-state index in [0.29, 0.717) is 16.3 Å². The van der Waals surface area contributed by atoms with E-state index in [9.17, 15) is 4.79 Å². The number of rotatable bonds is 3. The Morgan fingerprint density at radius 2 is 1.81 bits per heavy atom. The molecule has 0 bridgehead atoms. The van der Waals surface area contributed by atoms with Gasteiger partial charge in [0.05, 0.1) is 5.52 Å². The van der Waals surface area contributed by atoms with Gasteiger partial charge in [-0.3, -0.25) is 4.79 Å². The molecule has 3 heteroatoms. The smallest absolute Gasteiger partial charge is 0.193 e. The number of carbonyl (C=O) groups excluding carboxylic acids is 1. The van der Waals surface area contributed by atoms with E-state index in [4.69, 9.17) is 11.6 Å². The molecule has 0 spiro atoms. The van der Waals surface area contributed by atoms with Crippen molar-refractivity contribution in [1.82, 2.24) is 4.98 Å². The third-order valence-electron chi connectivity index (χ3n) is 3.52. The lowest BCUT2D eigenvalue weighted by atomic mass is 10.0. The molecule has 1 aromatic heterocycles. The summed E-state index contributed by atoms with van der Waals surface area (Å²) in [6, 6.07) is 16.8. The fourth-order valence-corrected chi connectivity index (χ4v) is 2.62. The van der Waals surface area contributed by atoms with E-state index >= 15 is 0 Å². The molecular formula is C18H14ClNO. The van der Waals surface area contributed by atoms with Gasteiger partial charge in [-0.25, -0.2) is 4.98 Å². The van der Waals surface area contributed by atoms with Gasteiger partial charge in [0.2, 0.25) is 0 Å². The van der Waals surface area contributed by atoms with Crippen molar-refractivity contribution in [2.75, 3.05) is 0 Å². The molecule has 0 radical (unpaired) electrons. The van der Waals surface area contributed by atoms with Crippen LogP contribution in [0.4, 0.5) is 0 Å². The highest BCUT2D eigenvalue weighted by Gasteiger charge is 2.10. The highest BCUT2D eigenvalue weighted by molar-refractivity contribution is 6.30. The molecule has 2 aromatic carbocycles. The van der Waals surface area contributed by atoms with E-state index in [1.807, 2.05) is 55.5 Å². The normalized spacial score (nSPS) is 10.8. The SMILES string of the molecule is CCc1cc2cc(C(=O)c3ccccc3)ccc2nc1Cl. The predicted octanol–water partition coefficient (Wildman–Crippen LogP) is 4.68. The number of halogens is 1. The number of carbonyl (C=O) groups is 1. The van der Waals surface area contributed by atoms with E-state index in [0.717, 1.165) is 22.9 Å². The third kappa shape index (κ3) is 2.67. The van der Waals surface area contributed by atoms with Crippen LogP contribution in [0.1, 0.15) is 28.4 Å². The van der Waals surface area contributed by atoms with Crippen molar-refractivity contribution in [3.63, 3.8) is 0 Å². The van der Waals surface area contributed by atoms with Crippen LogP contribution in [0.15, 0.2) is 54.6 Å². The maximum atomic E-state index is 12.5. The lowest BCUT2D eigenvalue weighted by molar-refractivity contribution is 0.103. The van der Waals surface area contributed by atoms with Crippen molar-refractivity contribution in [2.24, 2.45) is 0 Å². The van der Waals surface area contributed by atoms with Gasteiger partial charge in [0.15, 0.2) is 5.78 Å². The molecule has 0 aliphatic carbocycles. The fraction of sp³-hybridized carbons (Fsp3) is 0.111. The third-order valence-corrected chi connectivity index (χ3v) is 3.85. The summed E-state index contributed by atoms with van der Waals surface area (Å²) in [5, 5.41) is 1.48. The minimum atomic E-state index is 0.0190. The summed E-state index contributed by atoms with van der Waals surface area (Å²) in [7, 11) is 0. The second-order valence-corrected chi connectivity index (χ2v) is 5.25. The minimum absolute atomic E-state index is 0.0190. The van der Waals surface area contributed by atoms with Crippen molar-refractivity contribution in [3.8, 4) is 0 Å². The Labute approximate surface area is 128 Å². The molecule has 0 aliphatic heterocycles. The number of benzene rings is 2. The number of aryl methyl sites for hydroxylation is 1. The summed E-state index contributed by atoms with van der Waals surface area (Å²) in [5.74, 6) is 0.0190. The van der Waals surface area contributed by atoms with Crippen molar-refractivity contribution in [3.05, 3.63) is 76.4 Å². The van der Waals surface area contributed by atoms with Gasteiger partial charge in [0.25, 0.3) is 0 Å². The molecule has 21 heavy (non-hydrogen) atoms. The standard InChI is InChI=1S/C18H14ClNO/c1-2-12-10-15-11-14(8-9-16(15)20-18(12)19)17(21)13-6-4-3-5-7-13/h3-11H,2H2,1H3. The number of hydrogen-bond donors (Lipinski definition) is 0. The highest BCUT2D eigenvalue weighted by atomic mass is 35.5. The molecule has 3 rings (SSSR count). The maximum Gasteiger partial charge on any atom is 0.193 e. The average molecular weight is 296 g/mol. The lowest BCUT2D eigenvalue weighted by Crippen LogP contribution is -2.01. The Kier molecular flexibility index (Phi) is 3.72. The van der Waals surface area contributed by atoms with Gasteiger partial charge >= 0.3 is 0 Å². The largest absolute Gasteiger partial charge is 0.289 e. The molecule has 0 N–H and O–H groups in total. The van der Waals surface area contributed by atoms with E-state index in [1.165, 1.54) is 0 Å². The summed E-state index contributed by atoms with van der Waals surface area (Å²) in [6.07, 6.45) is 0.818. The first kappa shape index (κ1) is 13.8. The number of ketones is 1. The van der Waals surface area contributed by atoms with Gasteiger partial charge in [-0.15, -0.1) is 0 Å². The second-order valence-electron chi connectivity index (χ2n) is 4.89. The van der Waals surface area contributed by atoms with E-state index in [1.54, 1.807) is 6.07 Å². The molecule has 2 nitrogen and oxygen atoms in total. The van der Waals surface area contributed by atoms with Crippen molar-refractivity contribution < 1.29 is 4.79 Å². The maximum absolute atomic E-state index is 12.5. The topological polar surface area (TPSA) is 30.0 Å². The van der Waals surface area contributed by atoms with Crippen LogP contribution in [0, 0.1) is 0 Å². The van der Waals surface area contributed by atoms with Gasteiger partial charge in [-0.2, -0.15) is 0 Å². The van der Waals surface area contributed by atoms with Crippen molar-refractivity contribution in [1.29, 1.82) is 0 Å². The van der Waals surface area contributed by atoms with E-state index < -0.39 is 0 Å². The molecule has 1 heterocycles. The Balaban J connectivity index is 2.08. The lowest BCUT2D eigenvalue weighted by Gasteiger charge is -2.06. The molecule has 104 valence electrons. The second kappa shape index (κ2) is 5.66. The monoisotopic (exact) mass is 295 g/mol. The predicted molar refractivity (Wildman–Crippen MR) is 86.0 cm³/mol. The first-order valence-corrected chi connectivity index (χ1v) is 7.26. The quantitative estimate of drug-likeness (QED) is 0.518. The summed E-state index contributed by atoms with van der Waals surface area (Å²) in [4.78, 5) is 16.8. The summed E-state index contributed by atoms with van der Waals surface area (Å²) >= 11 is 6.12. The van der Waals surface area contributed by atoms with Gasteiger partial charge < -0.3 is 0 Å². The van der Waals surface area contributed by atoms with Crippen LogP contribution in [0.25, 0.3) is 10.9 Å². The van der Waals surface area contributed by atoms with Crippen LogP contribution in [-0.4, -0.2) is 10.8 Å². The highest BCUT2D eigenvalue weighted by Crippen LogP contribution is 2.23. The minimum Gasteiger partial charge on any atom is -0.289 e.